The van der Waals surface area contributed by atoms with Gasteiger partial charge >= 0.3 is 0 Å². The molecule has 1 heterocycles. The van der Waals surface area contributed by atoms with E-state index in [-0.39, 0.29) is 6.04 Å². The normalized spacial score (nSPS) is 15.2. The van der Waals surface area contributed by atoms with Crippen LogP contribution in [-0.2, 0) is 6.54 Å². The van der Waals surface area contributed by atoms with Crippen molar-refractivity contribution in [3.05, 3.63) is 18.2 Å². The summed E-state index contributed by atoms with van der Waals surface area (Å²) in [5.74, 6) is 7.17. The zero-order valence-electron chi connectivity index (χ0n) is 9.90. The number of aromatic nitrogens is 2. The summed E-state index contributed by atoms with van der Waals surface area (Å²) in [7, 11) is 0. The van der Waals surface area contributed by atoms with Crippen LogP contribution in [0.5, 0.6) is 0 Å². The van der Waals surface area contributed by atoms with E-state index < -0.39 is 0 Å². The predicted octanol–water partition coefficient (Wildman–Crippen LogP) is 1.84. The summed E-state index contributed by atoms with van der Waals surface area (Å²) in [6.07, 6.45) is 6.16. The Labute approximate surface area is 91.8 Å². The fourth-order valence-electron chi connectivity index (χ4n) is 1.98. The molecular weight excluding hydrogens is 188 g/mol. The number of nitrogens with one attached hydrogen (secondary N) is 1. The van der Waals surface area contributed by atoms with Crippen LogP contribution in [0, 0.1) is 5.92 Å². The van der Waals surface area contributed by atoms with Gasteiger partial charge in [0.15, 0.2) is 0 Å². The summed E-state index contributed by atoms with van der Waals surface area (Å²) in [5, 5.41) is 0. The standard InChI is InChI=1S/C11H22N4/c1-4-6-9(3)10(14-12)11-13-7-8-15(11)5-2/h7-10,14H,4-6,12H2,1-3H3. The molecule has 0 aliphatic carbocycles. The number of nitrogens with zero attached hydrogens (tertiary/aromatic N) is 2. The minimum absolute atomic E-state index is 0.153. The molecule has 4 heteroatoms. The zero-order chi connectivity index (χ0) is 11.3. The van der Waals surface area contributed by atoms with Crippen LogP contribution >= 0.6 is 0 Å². The third-order valence-corrected chi connectivity index (χ3v) is 2.86. The highest BCUT2D eigenvalue weighted by Crippen LogP contribution is 2.23. The number of hydrogen-bond donors (Lipinski definition) is 2. The molecule has 0 aromatic carbocycles. The highest BCUT2D eigenvalue weighted by Gasteiger charge is 2.21. The van der Waals surface area contributed by atoms with Crippen molar-refractivity contribution >= 4 is 0 Å². The lowest BCUT2D eigenvalue weighted by Crippen LogP contribution is -2.34. The summed E-state index contributed by atoms with van der Waals surface area (Å²) in [4.78, 5) is 4.38. The summed E-state index contributed by atoms with van der Waals surface area (Å²) in [6.45, 7) is 7.45. The molecule has 0 amide bonds. The molecule has 2 unspecified atom stereocenters. The monoisotopic (exact) mass is 210 g/mol. The molecule has 86 valence electrons. The SMILES string of the molecule is CCCC(C)C(NN)c1nccn1CC. The molecule has 1 aromatic heterocycles. The van der Waals surface area contributed by atoms with Gasteiger partial charge in [0.1, 0.15) is 5.82 Å². The van der Waals surface area contributed by atoms with Crippen molar-refractivity contribution in [3.8, 4) is 0 Å². The van der Waals surface area contributed by atoms with Gasteiger partial charge in [-0.15, -0.1) is 0 Å². The quantitative estimate of drug-likeness (QED) is 0.556. The maximum Gasteiger partial charge on any atom is 0.127 e. The molecule has 1 rings (SSSR count). The van der Waals surface area contributed by atoms with E-state index in [1.54, 1.807) is 0 Å². The Balaban J connectivity index is 2.81. The lowest BCUT2D eigenvalue weighted by molar-refractivity contribution is 0.344. The topological polar surface area (TPSA) is 55.9 Å². The Morgan fingerprint density at radius 1 is 1.53 bits per heavy atom. The van der Waals surface area contributed by atoms with Gasteiger partial charge in [-0.1, -0.05) is 20.3 Å². The van der Waals surface area contributed by atoms with Gasteiger partial charge in [0.25, 0.3) is 0 Å². The van der Waals surface area contributed by atoms with Crippen LogP contribution in [0.2, 0.25) is 0 Å². The van der Waals surface area contributed by atoms with E-state index >= 15 is 0 Å². The molecule has 15 heavy (non-hydrogen) atoms. The molecule has 0 aliphatic rings. The van der Waals surface area contributed by atoms with Crippen LogP contribution in [0.3, 0.4) is 0 Å². The average molecular weight is 210 g/mol. The Hall–Kier alpha value is -0.870. The van der Waals surface area contributed by atoms with Gasteiger partial charge in [-0.25, -0.2) is 10.4 Å². The third-order valence-electron chi connectivity index (χ3n) is 2.86. The first-order chi connectivity index (χ1) is 7.24. The number of hydrogen-bond acceptors (Lipinski definition) is 3. The molecule has 0 bridgehead atoms. The van der Waals surface area contributed by atoms with E-state index in [2.05, 4.69) is 35.7 Å². The number of nitrogens with two attached hydrogens (primary N) is 1. The summed E-state index contributed by atoms with van der Waals surface area (Å²) < 4.78 is 2.14. The van der Waals surface area contributed by atoms with Crippen LogP contribution in [0.4, 0.5) is 0 Å². The number of hydrazine groups is 1. The van der Waals surface area contributed by atoms with Crippen LogP contribution in [0.25, 0.3) is 0 Å². The van der Waals surface area contributed by atoms with Gasteiger partial charge in [-0.2, -0.15) is 0 Å². The average Bonchev–Trinajstić information content (AvgIpc) is 2.67. The minimum Gasteiger partial charge on any atom is -0.334 e. The molecule has 1 aromatic rings. The summed E-state index contributed by atoms with van der Waals surface area (Å²) in [5.41, 5.74) is 2.88. The van der Waals surface area contributed by atoms with Crippen LogP contribution in [0.15, 0.2) is 12.4 Å². The van der Waals surface area contributed by atoms with Crippen molar-refractivity contribution in [2.45, 2.75) is 46.2 Å². The summed E-state index contributed by atoms with van der Waals surface area (Å²) in [6, 6.07) is 0.153. The van der Waals surface area contributed by atoms with Crippen LogP contribution in [-0.4, -0.2) is 9.55 Å². The molecule has 2 atom stereocenters. The molecule has 0 spiro atoms. The predicted molar refractivity (Wildman–Crippen MR) is 62.0 cm³/mol. The molecule has 0 aliphatic heterocycles. The third kappa shape index (κ3) is 2.79. The molecular formula is C11H22N4. The van der Waals surface area contributed by atoms with E-state index in [9.17, 15) is 0 Å². The second-order valence-electron chi connectivity index (χ2n) is 3.98. The molecule has 0 saturated heterocycles. The second-order valence-corrected chi connectivity index (χ2v) is 3.98. The first kappa shape index (κ1) is 12.2. The van der Waals surface area contributed by atoms with Gasteiger partial charge in [-0.05, 0) is 19.3 Å². The maximum absolute atomic E-state index is 5.62. The van der Waals surface area contributed by atoms with Crippen molar-refractivity contribution in [1.82, 2.24) is 15.0 Å². The largest absolute Gasteiger partial charge is 0.334 e. The number of imidazole rings is 1. The fraction of sp³-hybridized carbons (Fsp3) is 0.727. The van der Waals surface area contributed by atoms with E-state index in [1.165, 1.54) is 6.42 Å². The lowest BCUT2D eigenvalue weighted by Gasteiger charge is -2.23. The Kier molecular flexibility index (Phi) is 4.78. The van der Waals surface area contributed by atoms with Gasteiger partial charge in [0.2, 0.25) is 0 Å². The molecule has 3 N–H and O–H groups in total. The van der Waals surface area contributed by atoms with E-state index in [0.717, 1.165) is 18.8 Å². The van der Waals surface area contributed by atoms with Crippen molar-refractivity contribution in [2.24, 2.45) is 11.8 Å². The second kappa shape index (κ2) is 5.88. The zero-order valence-corrected chi connectivity index (χ0v) is 9.90. The van der Waals surface area contributed by atoms with Crippen molar-refractivity contribution < 1.29 is 0 Å². The van der Waals surface area contributed by atoms with Crippen molar-refractivity contribution in [3.63, 3.8) is 0 Å². The minimum atomic E-state index is 0.153. The van der Waals surface area contributed by atoms with Crippen LogP contribution < -0.4 is 11.3 Å². The van der Waals surface area contributed by atoms with E-state index in [4.69, 9.17) is 5.84 Å². The molecule has 0 radical (unpaired) electrons. The Bertz CT molecular complexity index is 282. The lowest BCUT2D eigenvalue weighted by atomic mass is 9.97. The number of aryl methyl sites for hydroxylation is 1. The van der Waals surface area contributed by atoms with Crippen molar-refractivity contribution in [2.75, 3.05) is 0 Å². The fourth-order valence-corrected chi connectivity index (χ4v) is 1.98. The first-order valence-corrected chi connectivity index (χ1v) is 5.71. The molecule has 0 saturated carbocycles. The smallest absolute Gasteiger partial charge is 0.127 e. The molecule has 4 nitrogen and oxygen atoms in total. The van der Waals surface area contributed by atoms with E-state index in [1.807, 2.05) is 12.4 Å². The van der Waals surface area contributed by atoms with Crippen LogP contribution in [0.1, 0.15) is 45.5 Å². The van der Waals surface area contributed by atoms with Gasteiger partial charge in [0.05, 0.1) is 6.04 Å². The number of rotatable bonds is 6. The maximum atomic E-state index is 5.62. The van der Waals surface area contributed by atoms with Crippen molar-refractivity contribution in [1.29, 1.82) is 0 Å². The molecule has 0 fully saturated rings. The Morgan fingerprint density at radius 2 is 2.27 bits per heavy atom. The van der Waals surface area contributed by atoms with E-state index in [0.29, 0.717) is 5.92 Å². The Morgan fingerprint density at radius 3 is 2.80 bits per heavy atom. The van der Waals surface area contributed by atoms with Gasteiger partial charge < -0.3 is 4.57 Å². The first-order valence-electron chi connectivity index (χ1n) is 5.71. The van der Waals surface area contributed by atoms with Gasteiger partial charge in [-0.3, -0.25) is 5.84 Å². The van der Waals surface area contributed by atoms with Gasteiger partial charge in [0, 0.05) is 18.9 Å². The highest BCUT2D eigenvalue weighted by molar-refractivity contribution is 5.00. The summed E-state index contributed by atoms with van der Waals surface area (Å²) >= 11 is 0. The highest BCUT2D eigenvalue weighted by atomic mass is 15.3.